The Morgan fingerprint density at radius 3 is 2.24 bits per heavy atom. The first-order chi connectivity index (χ1) is 18.7. The van der Waals surface area contributed by atoms with Crippen molar-refractivity contribution >= 4 is 17.7 Å². The minimum Gasteiger partial charge on any atom is -0.489 e. The number of para-hydroxylation sites is 1. The number of benzene rings is 4. The lowest BCUT2D eigenvalue weighted by Crippen LogP contribution is -2.43. The van der Waals surface area contributed by atoms with E-state index in [9.17, 15) is 9.59 Å². The highest BCUT2D eigenvalue weighted by Crippen LogP contribution is 2.25. The van der Waals surface area contributed by atoms with Crippen LogP contribution >= 0.6 is 0 Å². The Balaban J connectivity index is 1.17. The van der Waals surface area contributed by atoms with Crippen LogP contribution in [0.2, 0.25) is 0 Å². The molecule has 1 aliphatic heterocycles. The molecule has 0 radical (unpaired) electrons. The zero-order valence-electron chi connectivity index (χ0n) is 21.1. The molecule has 1 saturated heterocycles. The smallest absolute Gasteiger partial charge is 0.410 e. The molecule has 1 fully saturated rings. The van der Waals surface area contributed by atoms with Crippen molar-refractivity contribution in [2.45, 2.75) is 32.1 Å². The quantitative estimate of drug-likeness (QED) is 0.290. The van der Waals surface area contributed by atoms with Gasteiger partial charge in [-0.3, -0.25) is 9.69 Å². The topological polar surface area (TPSA) is 67.9 Å². The molecule has 0 saturated carbocycles. The largest absolute Gasteiger partial charge is 0.489 e. The molecule has 6 nitrogen and oxygen atoms in total. The van der Waals surface area contributed by atoms with E-state index in [0.717, 1.165) is 34.4 Å². The summed E-state index contributed by atoms with van der Waals surface area (Å²) in [6.07, 6.45) is 0.919. The van der Waals surface area contributed by atoms with Crippen LogP contribution in [0.5, 0.6) is 5.75 Å². The van der Waals surface area contributed by atoms with Gasteiger partial charge >= 0.3 is 6.09 Å². The molecule has 0 bridgehead atoms. The number of carbonyl (C=O) groups excluding carboxylic acids is 2. The Morgan fingerprint density at radius 1 is 0.763 bits per heavy atom. The molecular formula is C32H30N2O4. The average Bonchev–Trinajstić information content (AvgIpc) is 3.47. The summed E-state index contributed by atoms with van der Waals surface area (Å²) in [5.74, 6) is 0.634. The molecule has 192 valence electrons. The van der Waals surface area contributed by atoms with Gasteiger partial charge in [-0.15, -0.1) is 0 Å². The van der Waals surface area contributed by atoms with Crippen LogP contribution in [0.15, 0.2) is 109 Å². The van der Waals surface area contributed by atoms with E-state index in [2.05, 4.69) is 17.4 Å². The number of amides is 2. The summed E-state index contributed by atoms with van der Waals surface area (Å²) in [6.45, 7) is 1.18. The molecule has 1 N–H and O–H groups in total. The summed E-state index contributed by atoms with van der Waals surface area (Å²) in [7, 11) is 0. The van der Waals surface area contributed by atoms with Crippen LogP contribution in [0.1, 0.15) is 24.0 Å². The van der Waals surface area contributed by atoms with E-state index in [4.69, 9.17) is 9.47 Å². The molecule has 1 aliphatic rings. The average molecular weight is 507 g/mol. The molecule has 4 aromatic carbocycles. The van der Waals surface area contributed by atoms with Crippen LogP contribution in [0.25, 0.3) is 11.1 Å². The highest BCUT2D eigenvalue weighted by molar-refractivity contribution is 5.97. The first-order valence-corrected chi connectivity index (χ1v) is 12.8. The fraction of sp³-hybridized carbons (Fsp3) is 0.188. The van der Waals surface area contributed by atoms with Gasteiger partial charge in [0.25, 0.3) is 0 Å². The van der Waals surface area contributed by atoms with Gasteiger partial charge in [0.15, 0.2) is 0 Å². The first-order valence-electron chi connectivity index (χ1n) is 12.8. The van der Waals surface area contributed by atoms with Gasteiger partial charge in [-0.1, -0.05) is 78.9 Å². The van der Waals surface area contributed by atoms with Gasteiger partial charge in [-0.2, -0.15) is 0 Å². The predicted molar refractivity (Wildman–Crippen MR) is 148 cm³/mol. The van der Waals surface area contributed by atoms with Gasteiger partial charge in [-0.05, 0) is 65.4 Å². The molecular weight excluding hydrogens is 476 g/mol. The van der Waals surface area contributed by atoms with E-state index in [1.54, 1.807) is 0 Å². The zero-order chi connectivity index (χ0) is 26.2. The Kier molecular flexibility index (Phi) is 7.99. The summed E-state index contributed by atoms with van der Waals surface area (Å²) < 4.78 is 11.3. The number of rotatable bonds is 8. The Labute approximate surface area is 222 Å². The van der Waals surface area contributed by atoms with Crippen molar-refractivity contribution in [1.29, 1.82) is 0 Å². The maximum atomic E-state index is 13.0. The van der Waals surface area contributed by atoms with E-state index in [1.165, 1.54) is 4.90 Å². The number of hydrogen-bond acceptors (Lipinski definition) is 4. The monoisotopic (exact) mass is 506 g/mol. The lowest BCUT2D eigenvalue weighted by molar-refractivity contribution is -0.120. The summed E-state index contributed by atoms with van der Waals surface area (Å²) in [5, 5.41) is 2.96. The summed E-state index contributed by atoms with van der Waals surface area (Å²) in [5.41, 5.74) is 4.78. The number of anilines is 1. The van der Waals surface area contributed by atoms with Gasteiger partial charge < -0.3 is 14.8 Å². The Bertz CT molecular complexity index is 1360. The second-order valence-electron chi connectivity index (χ2n) is 9.26. The molecule has 0 unspecified atom stereocenters. The fourth-order valence-electron chi connectivity index (χ4n) is 4.56. The third-order valence-electron chi connectivity index (χ3n) is 6.56. The van der Waals surface area contributed by atoms with E-state index in [1.807, 2.05) is 97.1 Å². The second-order valence-corrected chi connectivity index (χ2v) is 9.26. The third-order valence-corrected chi connectivity index (χ3v) is 6.56. The van der Waals surface area contributed by atoms with Crippen LogP contribution in [0.4, 0.5) is 10.5 Å². The van der Waals surface area contributed by atoms with Crippen molar-refractivity contribution in [1.82, 2.24) is 4.90 Å². The van der Waals surface area contributed by atoms with Crippen molar-refractivity contribution < 1.29 is 19.1 Å². The summed E-state index contributed by atoms with van der Waals surface area (Å²) in [6, 6.07) is 34.7. The number of hydrogen-bond donors (Lipinski definition) is 1. The SMILES string of the molecule is O=C(Nc1ccc(-c2cccc(COc3ccccc3)c2)cc1)[C@@H]1CCCN1C(=O)OCc1ccccc1. The molecule has 38 heavy (non-hydrogen) atoms. The van der Waals surface area contributed by atoms with Gasteiger partial charge in [0.2, 0.25) is 5.91 Å². The molecule has 4 aromatic rings. The van der Waals surface area contributed by atoms with Crippen molar-refractivity contribution in [3.63, 3.8) is 0 Å². The number of carbonyl (C=O) groups is 2. The lowest BCUT2D eigenvalue weighted by Gasteiger charge is -2.23. The normalized spacial score (nSPS) is 14.6. The fourth-order valence-corrected chi connectivity index (χ4v) is 4.56. The Morgan fingerprint density at radius 2 is 1.47 bits per heavy atom. The molecule has 2 amide bonds. The zero-order valence-corrected chi connectivity index (χ0v) is 21.1. The maximum Gasteiger partial charge on any atom is 0.410 e. The molecule has 6 heteroatoms. The van der Waals surface area contributed by atoms with E-state index >= 15 is 0 Å². The van der Waals surface area contributed by atoms with Crippen molar-refractivity contribution in [2.24, 2.45) is 0 Å². The summed E-state index contributed by atoms with van der Waals surface area (Å²) in [4.78, 5) is 27.2. The molecule has 1 atom stereocenters. The van der Waals surface area contributed by atoms with Crippen molar-refractivity contribution in [3.8, 4) is 16.9 Å². The number of nitrogens with one attached hydrogen (secondary N) is 1. The Hall–Kier alpha value is -4.58. The van der Waals surface area contributed by atoms with Crippen LogP contribution in [-0.2, 0) is 22.7 Å². The lowest BCUT2D eigenvalue weighted by atomic mass is 10.0. The third kappa shape index (κ3) is 6.40. The first kappa shape index (κ1) is 25.1. The number of nitrogens with zero attached hydrogens (tertiary/aromatic N) is 1. The van der Waals surface area contributed by atoms with E-state index in [0.29, 0.717) is 25.3 Å². The van der Waals surface area contributed by atoms with Crippen molar-refractivity contribution in [2.75, 3.05) is 11.9 Å². The molecule has 5 rings (SSSR count). The minimum atomic E-state index is -0.542. The molecule has 0 aromatic heterocycles. The second kappa shape index (κ2) is 12.1. The van der Waals surface area contributed by atoms with Crippen LogP contribution in [0, 0.1) is 0 Å². The highest BCUT2D eigenvalue weighted by atomic mass is 16.6. The highest BCUT2D eigenvalue weighted by Gasteiger charge is 2.35. The van der Waals surface area contributed by atoms with Crippen LogP contribution in [-0.4, -0.2) is 29.5 Å². The maximum absolute atomic E-state index is 13.0. The van der Waals surface area contributed by atoms with Gasteiger partial charge in [0, 0.05) is 12.2 Å². The van der Waals surface area contributed by atoms with E-state index in [-0.39, 0.29) is 12.5 Å². The predicted octanol–water partition coefficient (Wildman–Crippen LogP) is 6.67. The number of ether oxygens (including phenoxy) is 2. The van der Waals surface area contributed by atoms with Crippen LogP contribution in [0.3, 0.4) is 0 Å². The van der Waals surface area contributed by atoms with E-state index < -0.39 is 12.1 Å². The van der Waals surface area contributed by atoms with Crippen molar-refractivity contribution in [3.05, 3.63) is 120 Å². The van der Waals surface area contributed by atoms with Gasteiger partial charge in [0.05, 0.1) is 0 Å². The molecule has 0 aliphatic carbocycles. The summed E-state index contributed by atoms with van der Waals surface area (Å²) >= 11 is 0. The molecule has 0 spiro atoms. The van der Waals surface area contributed by atoms with Gasteiger partial charge in [-0.25, -0.2) is 4.79 Å². The number of likely N-dealkylation sites (tertiary alicyclic amines) is 1. The molecule has 1 heterocycles. The standard InChI is InChI=1S/C32H30N2O4/c35-31(30-15-8-20-34(30)32(36)38-22-24-9-3-1-4-10-24)33-28-18-16-26(17-19-28)27-12-7-11-25(21-27)23-37-29-13-5-2-6-14-29/h1-7,9-14,16-19,21,30H,8,15,20,22-23H2,(H,33,35)/t30-/m0/s1. The van der Waals surface area contributed by atoms with Crippen LogP contribution < -0.4 is 10.1 Å². The van der Waals surface area contributed by atoms with Gasteiger partial charge in [0.1, 0.15) is 25.0 Å². The minimum absolute atomic E-state index is 0.186.